The number of benzene rings is 1. The maximum atomic E-state index is 14.2. The zero-order valence-corrected chi connectivity index (χ0v) is 13.1. The zero-order chi connectivity index (χ0) is 17.4. The maximum Gasteiger partial charge on any atom is 0.159 e. The molecule has 2 aromatic heterocycles. The average Bonchev–Trinajstić information content (AvgIpc) is 2.81. The first-order valence-electron chi connectivity index (χ1n) is 6.72. The van der Waals surface area contributed by atoms with Crippen LogP contribution in [0.4, 0.5) is 13.2 Å². The fraction of sp³-hybridized carbons (Fsp3) is 0.0588. The Bertz CT molecular complexity index is 949. The van der Waals surface area contributed by atoms with E-state index < -0.39 is 23.0 Å². The van der Waals surface area contributed by atoms with Gasteiger partial charge in [0.05, 0.1) is 16.8 Å². The molecule has 0 radical (unpaired) electrons. The molecule has 3 rings (SSSR count). The normalized spacial score (nSPS) is 10.7. The van der Waals surface area contributed by atoms with Gasteiger partial charge in [0.1, 0.15) is 23.1 Å². The Morgan fingerprint density at radius 2 is 1.79 bits per heavy atom. The van der Waals surface area contributed by atoms with E-state index in [2.05, 4.69) is 16.0 Å². The molecule has 0 unspecified atom stereocenters. The van der Waals surface area contributed by atoms with Gasteiger partial charge in [-0.2, -0.15) is 5.10 Å². The van der Waals surface area contributed by atoms with Crippen molar-refractivity contribution in [3.8, 4) is 34.7 Å². The van der Waals surface area contributed by atoms with E-state index in [0.29, 0.717) is 29.1 Å². The first kappa shape index (κ1) is 16.1. The summed E-state index contributed by atoms with van der Waals surface area (Å²) in [6.45, 7) is 0. The molecule has 2 heterocycles. The molecule has 0 bridgehead atoms. The van der Waals surface area contributed by atoms with Gasteiger partial charge in [-0.25, -0.2) is 18.2 Å². The Balaban J connectivity index is 2.29. The molecule has 0 aliphatic heterocycles. The lowest BCUT2D eigenvalue weighted by atomic mass is 10.0. The lowest BCUT2D eigenvalue weighted by molar-refractivity contribution is 0.548. The second kappa shape index (κ2) is 6.02. The van der Waals surface area contributed by atoms with Crippen LogP contribution in [0.2, 0.25) is 5.15 Å². The van der Waals surface area contributed by atoms with Crippen molar-refractivity contribution in [3.63, 3.8) is 0 Å². The van der Waals surface area contributed by atoms with E-state index in [9.17, 15) is 13.2 Å². The summed E-state index contributed by atoms with van der Waals surface area (Å²) >= 11 is 6.07. The second-order valence-electron chi connectivity index (χ2n) is 4.96. The highest BCUT2D eigenvalue weighted by molar-refractivity contribution is 6.33. The van der Waals surface area contributed by atoms with E-state index in [0.717, 1.165) is 0 Å². The Labute approximate surface area is 140 Å². The standard InChI is InChI=1S/C17H9ClF3N3/c1-3-11-5-4-9(8-22-11)16-15(17(18)23-24(16)2)14-12(20)6-10(19)7-13(14)21/h1,4-8H,2H3. The maximum absolute atomic E-state index is 14.2. The molecular formula is C17H9ClF3N3. The predicted octanol–water partition coefficient (Wildman–Crippen LogP) is 4.20. The number of nitrogens with zero attached hydrogens (tertiary/aromatic N) is 3. The summed E-state index contributed by atoms with van der Waals surface area (Å²) in [5, 5.41) is 3.88. The van der Waals surface area contributed by atoms with Gasteiger partial charge in [0, 0.05) is 30.9 Å². The summed E-state index contributed by atoms with van der Waals surface area (Å²) in [5.74, 6) is -0.788. The van der Waals surface area contributed by atoms with Crippen LogP contribution in [0.5, 0.6) is 0 Å². The molecule has 3 aromatic rings. The van der Waals surface area contributed by atoms with Crippen LogP contribution in [0.15, 0.2) is 30.5 Å². The highest BCUT2D eigenvalue weighted by Gasteiger charge is 2.24. The quantitative estimate of drug-likeness (QED) is 0.650. The van der Waals surface area contributed by atoms with Crippen molar-refractivity contribution in [1.82, 2.24) is 14.8 Å². The van der Waals surface area contributed by atoms with Crippen LogP contribution in [0, 0.1) is 29.8 Å². The molecular weight excluding hydrogens is 339 g/mol. The number of aromatic nitrogens is 3. The monoisotopic (exact) mass is 347 g/mol. The Kier molecular flexibility index (Phi) is 4.04. The fourth-order valence-corrected chi connectivity index (χ4v) is 2.74. The molecule has 0 N–H and O–H groups in total. The Morgan fingerprint density at radius 1 is 1.12 bits per heavy atom. The second-order valence-corrected chi connectivity index (χ2v) is 5.32. The van der Waals surface area contributed by atoms with Crippen LogP contribution in [-0.2, 0) is 7.05 Å². The van der Waals surface area contributed by atoms with E-state index >= 15 is 0 Å². The van der Waals surface area contributed by atoms with Gasteiger partial charge in [0.2, 0.25) is 0 Å². The summed E-state index contributed by atoms with van der Waals surface area (Å²) in [4.78, 5) is 4.05. The highest BCUT2D eigenvalue weighted by atomic mass is 35.5. The Hall–Kier alpha value is -2.78. The van der Waals surface area contributed by atoms with Gasteiger partial charge < -0.3 is 0 Å². The summed E-state index contributed by atoms with van der Waals surface area (Å²) in [6.07, 6.45) is 6.71. The van der Waals surface area contributed by atoms with Gasteiger partial charge in [0.25, 0.3) is 0 Å². The molecule has 3 nitrogen and oxygen atoms in total. The van der Waals surface area contributed by atoms with Crippen LogP contribution >= 0.6 is 11.6 Å². The average molecular weight is 348 g/mol. The van der Waals surface area contributed by atoms with Gasteiger partial charge >= 0.3 is 0 Å². The first-order chi connectivity index (χ1) is 11.4. The summed E-state index contributed by atoms with van der Waals surface area (Å²) < 4.78 is 42.9. The molecule has 0 saturated carbocycles. The predicted molar refractivity (Wildman–Crippen MR) is 84.7 cm³/mol. The molecule has 7 heteroatoms. The molecule has 0 aliphatic carbocycles. The highest BCUT2D eigenvalue weighted by Crippen LogP contribution is 2.39. The van der Waals surface area contributed by atoms with E-state index in [1.165, 1.54) is 10.9 Å². The van der Waals surface area contributed by atoms with Gasteiger partial charge in [-0.15, -0.1) is 6.42 Å². The zero-order valence-electron chi connectivity index (χ0n) is 12.3. The van der Waals surface area contributed by atoms with E-state index in [4.69, 9.17) is 18.0 Å². The van der Waals surface area contributed by atoms with Crippen LogP contribution < -0.4 is 0 Å². The number of hydrogen-bond donors (Lipinski definition) is 0. The molecule has 0 spiro atoms. The summed E-state index contributed by atoms with van der Waals surface area (Å²) in [6, 6.07) is 4.40. The van der Waals surface area contributed by atoms with E-state index in [1.54, 1.807) is 19.2 Å². The lowest BCUT2D eigenvalue weighted by Gasteiger charge is -2.09. The molecule has 24 heavy (non-hydrogen) atoms. The molecule has 0 saturated heterocycles. The number of pyridine rings is 1. The number of terminal acetylenes is 1. The molecule has 1 aromatic carbocycles. The third-order valence-electron chi connectivity index (χ3n) is 3.45. The van der Waals surface area contributed by atoms with Crippen molar-refractivity contribution in [3.05, 3.63) is 58.8 Å². The third-order valence-corrected chi connectivity index (χ3v) is 3.71. The van der Waals surface area contributed by atoms with Crippen molar-refractivity contribution in [2.45, 2.75) is 0 Å². The minimum Gasteiger partial charge on any atom is -0.266 e. The fourth-order valence-electron chi connectivity index (χ4n) is 2.44. The van der Waals surface area contributed by atoms with Gasteiger partial charge in [0.15, 0.2) is 5.15 Å². The topological polar surface area (TPSA) is 30.7 Å². The van der Waals surface area contributed by atoms with Crippen molar-refractivity contribution in [1.29, 1.82) is 0 Å². The van der Waals surface area contributed by atoms with Crippen LogP contribution in [0.1, 0.15) is 5.69 Å². The van der Waals surface area contributed by atoms with Gasteiger partial charge in [-0.05, 0) is 12.1 Å². The largest absolute Gasteiger partial charge is 0.266 e. The van der Waals surface area contributed by atoms with Crippen LogP contribution in [0.25, 0.3) is 22.4 Å². The molecule has 120 valence electrons. The van der Waals surface area contributed by atoms with Crippen molar-refractivity contribution in [2.24, 2.45) is 7.05 Å². The van der Waals surface area contributed by atoms with Crippen LogP contribution in [0.3, 0.4) is 0 Å². The number of aryl methyl sites for hydroxylation is 1. The number of halogens is 4. The van der Waals surface area contributed by atoms with Crippen molar-refractivity contribution >= 4 is 11.6 Å². The molecule has 0 amide bonds. The third kappa shape index (κ3) is 2.63. The number of hydrogen-bond acceptors (Lipinski definition) is 2. The summed E-state index contributed by atoms with van der Waals surface area (Å²) in [7, 11) is 1.57. The van der Waals surface area contributed by atoms with Gasteiger partial charge in [-0.1, -0.05) is 17.5 Å². The van der Waals surface area contributed by atoms with E-state index in [1.807, 2.05) is 0 Å². The first-order valence-corrected chi connectivity index (χ1v) is 7.10. The summed E-state index contributed by atoms with van der Waals surface area (Å²) in [5.41, 5.74) is 0.817. The number of rotatable bonds is 2. The SMILES string of the molecule is C#Cc1ccc(-c2c(-c3c(F)cc(F)cc3F)c(Cl)nn2C)cn1. The Morgan fingerprint density at radius 3 is 2.33 bits per heavy atom. The van der Waals surface area contributed by atoms with Crippen LogP contribution in [-0.4, -0.2) is 14.8 Å². The van der Waals surface area contributed by atoms with Crippen molar-refractivity contribution < 1.29 is 13.2 Å². The van der Waals surface area contributed by atoms with Gasteiger partial charge in [-0.3, -0.25) is 4.68 Å². The molecule has 0 fully saturated rings. The van der Waals surface area contributed by atoms with Crippen molar-refractivity contribution in [2.75, 3.05) is 0 Å². The lowest BCUT2D eigenvalue weighted by Crippen LogP contribution is -1.98. The minimum atomic E-state index is -1.07. The molecule has 0 atom stereocenters. The smallest absolute Gasteiger partial charge is 0.159 e. The minimum absolute atomic E-state index is 0.0180. The van der Waals surface area contributed by atoms with E-state index in [-0.39, 0.29) is 10.7 Å². The molecule has 0 aliphatic rings.